The van der Waals surface area contributed by atoms with Gasteiger partial charge in [-0.1, -0.05) is 20.8 Å². The monoisotopic (exact) mass is 259 g/mol. The van der Waals surface area contributed by atoms with E-state index in [-0.39, 0.29) is 5.41 Å². The second-order valence-corrected chi connectivity index (χ2v) is 6.82. The molecule has 0 amide bonds. The first-order chi connectivity index (χ1) is 7.50. The predicted octanol–water partition coefficient (Wildman–Crippen LogP) is 3.30. The fraction of sp³-hybridized carbons (Fsp3) is 0.818. The molecule has 2 heterocycles. The lowest BCUT2D eigenvalue weighted by Crippen LogP contribution is -2.24. The van der Waals surface area contributed by atoms with Gasteiger partial charge in [0.05, 0.1) is 0 Å². The van der Waals surface area contributed by atoms with Gasteiger partial charge in [0.15, 0.2) is 0 Å². The van der Waals surface area contributed by atoms with E-state index in [9.17, 15) is 0 Å². The molecule has 1 aromatic rings. The first-order valence-corrected chi connectivity index (χ1v) is 7.22. The minimum atomic E-state index is 0.00469. The van der Waals surface area contributed by atoms with Gasteiger partial charge in [0.1, 0.15) is 5.82 Å². The zero-order valence-corrected chi connectivity index (χ0v) is 11.6. The summed E-state index contributed by atoms with van der Waals surface area (Å²) in [5.74, 6) is 3.43. The average molecular weight is 260 g/mol. The summed E-state index contributed by atoms with van der Waals surface area (Å²) in [5, 5.41) is 8.81. The number of aromatic nitrogens is 3. The van der Waals surface area contributed by atoms with Gasteiger partial charge in [0.2, 0.25) is 5.28 Å². The fourth-order valence-electron chi connectivity index (χ4n) is 2.05. The molecule has 0 spiro atoms. The van der Waals surface area contributed by atoms with E-state index in [2.05, 4.69) is 35.5 Å². The maximum Gasteiger partial charge on any atom is 0.225 e. The van der Waals surface area contributed by atoms with Crippen molar-refractivity contribution in [3.63, 3.8) is 0 Å². The number of thioether (sulfide) groups is 1. The molecule has 3 nitrogen and oxygen atoms in total. The van der Waals surface area contributed by atoms with Crippen molar-refractivity contribution in [1.82, 2.24) is 14.8 Å². The van der Waals surface area contributed by atoms with E-state index in [0.29, 0.717) is 11.3 Å². The van der Waals surface area contributed by atoms with Gasteiger partial charge in [0.25, 0.3) is 0 Å². The van der Waals surface area contributed by atoms with Gasteiger partial charge < -0.3 is 0 Å². The van der Waals surface area contributed by atoms with Crippen LogP contribution in [0.25, 0.3) is 0 Å². The summed E-state index contributed by atoms with van der Waals surface area (Å²) < 4.78 is 2.14. The number of halogens is 1. The third-order valence-corrected chi connectivity index (χ3v) is 4.19. The van der Waals surface area contributed by atoms with Crippen LogP contribution in [0.1, 0.15) is 45.5 Å². The minimum Gasteiger partial charge on any atom is -0.298 e. The number of hydrogen-bond acceptors (Lipinski definition) is 3. The van der Waals surface area contributed by atoms with Crippen molar-refractivity contribution in [2.24, 2.45) is 0 Å². The Balaban J connectivity index is 2.34. The Morgan fingerprint density at radius 1 is 1.25 bits per heavy atom. The highest BCUT2D eigenvalue weighted by Crippen LogP contribution is 2.33. The number of nitrogens with zero attached hydrogens (tertiary/aromatic N) is 3. The van der Waals surface area contributed by atoms with Crippen molar-refractivity contribution in [3.8, 4) is 0 Å². The molecule has 1 saturated heterocycles. The smallest absolute Gasteiger partial charge is 0.225 e. The summed E-state index contributed by atoms with van der Waals surface area (Å²) in [6.07, 6.45) is 2.34. The number of rotatable bonds is 1. The first-order valence-electron chi connectivity index (χ1n) is 5.69. The standard InChI is InChI=1S/C11H18ClN3S/c1-11(2,3)9-13-14-10(12)15(9)8-4-6-16-7-5-8/h8H,4-7H2,1-3H3. The molecule has 1 aliphatic rings. The highest BCUT2D eigenvalue weighted by molar-refractivity contribution is 7.99. The molecule has 0 atom stereocenters. The Kier molecular flexibility index (Phi) is 3.50. The Morgan fingerprint density at radius 3 is 2.44 bits per heavy atom. The summed E-state index contributed by atoms with van der Waals surface area (Å²) in [6, 6.07) is 0.484. The largest absolute Gasteiger partial charge is 0.298 e. The average Bonchev–Trinajstić information content (AvgIpc) is 2.61. The summed E-state index contributed by atoms with van der Waals surface area (Å²) in [4.78, 5) is 0. The van der Waals surface area contributed by atoms with Gasteiger partial charge in [-0.15, -0.1) is 10.2 Å². The van der Waals surface area contributed by atoms with Crippen molar-refractivity contribution >= 4 is 23.4 Å². The minimum absolute atomic E-state index is 0.00469. The third-order valence-electron chi connectivity index (χ3n) is 2.88. The second-order valence-electron chi connectivity index (χ2n) is 5.26. The van der Waals surface area contributed by atoms with Crippen LogP contribution in [-0.2, 0) is 5.41 Å². The van der Waals surface area contributed by atoms with E-state index < -0.39 is 0 Å². The van der Waals surface area contributed by atoms with Crippen molar-refractivity contribution < 1.29 is 0 Å². The predicted molar refractivity (Wildman–Crippen MR) is 69.3 cm³/mol. The molecule has 0 unspecified atom stereocenters. The molecule has 0 aromatic carbocycles. The molecule has 0 aliphatic carbocycles. The van der Waals surface area contributed by atoms with Gasteiger partial charge in [-0.2, -0.15) is 11.8 Å². The summed E-state index contributed by atoms with van der Waals surface area (Å²) >= 11 is 8.18. The van der Waals surface area contributed by atoms with Crippen LogP contribution in [0.5, 0.6) is 0 Å². The highest BCUT2D eigenvalue weighted by Gasteiger charge is 2.28. The van der Waals surface area contributed by atoms with E-state index in [1.165, 1.54) is 24.3 Å². The molecule has 0 N–H and O–H groups in total. The molecule has 0 radical (unpaired) electrons. The summed E-state index contributed by atoms with van der Waals surface area (Å²) in [7, 11) is 0. The zero-order valence-electron chi connectivity index (χ0n) is 10.0. The Morgan fingerprint density at radius 2 is 1.88 bits per heavy atom. The molecule has 0 bridgehead atoms. The van der Waals surface area contributed by atoms with Crippen LogP contribution in [0.3, 0.4) is 0 Å². The molecule has 90 valence electrons. The van der Waals surface area contributed by atoms with Crippen molar-refractivity contribution in [2.75, 3.05) is 11.5 Å². The molecular formula is C11H18ClN3S. The number of hydrogen-bond donors (Lipinski definition) is 0. The molecular weight excluding hydrogens is 242 g/mol. The lowest BCUT2D eigenvalue weighted by atomic mass is 9.95. The van der Waals surface area contributed by atoms with Gasteiger partial charge in [0, 0.05) is 11.5 Å². The molecule has 0 saturated carbocycles. The maximum absolute atomic E-state index is 6.17. The van der Waals surface area contributed by atoms with Crippen molar-refractivity contribution in [1.29, 1.82) is 0 Å². The van der Waals surface area contributed by atoms with Crippen LogP contribution < -0.4 is 0 Å². The SMILES string of the molecule is CC(C)(C)c1nnc(Cl)n1C1CCSCC1. The van der Waals surface area contributed by atoms with Gasteiger partial charge in [-0.3, -0.25) is 4.57 Å². The van der Waals surface area contributed by atoms with Gasteiger partial charge >= 0.3 is 0 Å². The van der Waals surface area contributed by atoms with Crippen LogP contribution in [-0.4, -0.2) is 26.3 Å². The zero-order chi connectivity index (χ0) is 11.8. The van der Waals surface area contributed by atoms with Crippen LogP contribution in [0.4, 0.5) is 0 Å². The quantitative estimate of drug-likeness (QED) is 0.775. The van der Waals surface area contributed by atoms with Gasteiger partial charge in [-0.25, -0.2) is 0 Å². The van der Waals surface area contributed by atoms with E-state index in [1.807, 2.05) is 11.8 Å². The highest BCUT2D eigenvalue weighted by atomic mass is 35.5. The maximum atomic E-state index is 6.17. The summed E-state index contributed by atoms with van der Waals surface area (Å²) in [6.45, 7) is 6.46. The Hall–Kier alpha value is -0.220. The topological polar surface area (TPSA) is 30.7 Å². The van der Waals surface area contributed by atoms with Crippen LogP contribution in [0.2, 0.25) is 5.28 Å². The molecule has 1 aliphatic heterocycles. The second kappa shape index (κ2) is 4.57. The first kappa shape index (κ1) is 12.2. The summed E-state index contributed by atoms with van der Waals surface area (Å²) in [5.41, 5.74) is 0.00469. The fourth-order valence-corrected chi connectivity index (χ4v) is 3.39. The lowest BCUT2D eigenvalue weighted by Gasteiger charge is -2.28. The van der Waals surface area contributed by atoms with Crippen LogP contribution in [0.15, 0.2) is 0 Å². The molecule has 2 rings (SSSR count). The van der Waals surface area contributed by atoms with Crippen molar-refractivity contribution in [3.05, 3.63) is 11.1 Å². The Labute approximate surface area is 106 Å². The molecule has 16 heavy (non-hydrogen) atoms. The Bertz CT molecular complexity index is 364. The molecule has 5 heteroatoms. The molecule has 1 aromatic heterocycles. The van der Waals surface area contributed by atoms with E-state index in [1.54, 1.807) is 0 Å². The third kappa shape index (κ3) is 2.38. The van der Waals surface area contributed by atoms with E-state index in [0.717, 1.165) is 5.82 Å². The molecule has 1 fully saturated rings. The van der Waals surface area contributed by atoms with Crippen LogP contribution >= 0.6 is 23.4 Å². The van der Waals surface area contributed by atoms with E-state index in [4.69, 9.17) is 11.6 Å². The van der Waals surface area contributed by atoms with E-state index >= 15 is 0 Å². The lowest BCUT2D eigenvalue weighted by molar-refractivity contribution is 0.412. The van der Waals surface area contributed by atoms with Crippen molar-refractivity contribution in [2.45, 2.75) is 45.1 Å². The van der Waals surface area contributed by atoms with Crippen LogP contribution in [0, 0.1) is 0 Å². The van der Waals surface area contributed by atoms with Gasteiger partial charge in [-0.05, 0) is 35.9 Å². The normalized spacial score (nSPS) is 19.0.